The van der Waals surface area contributed by atoms with Crippen molar-refractivity contribution in [2.75, 3.05) is 19.6 Å². The highest BCUT2D eigenvalue weighted by Gasteiger charge is 2.03. The first-order chi connectivity index (χ1) is 9.58. The molecule has 0 bridgehead atoms. The minimum atomic E-state index is -0.198. The maximum atomic E-state index is 11.6. The molecule has 3 N–H and O–H groups in total. The lowest BCUT2D eigenvalue weighted by Crippen LogP contribution is -2.41. The largest absolute Gasteiger partial charge is 0.354 e. The van der Waals surface area contributed by atoms with Crippen molar-refractivity contribution >= 4 is 11.9 Å². The predicted octanol–water partition coefficient (Wildman–Crippen LogP) is 1.30. The zero-order valence-electron chi connectivity index (χ0n) is 12.1. The van der Waals surface area contributed by atoms with Gasteiger partial charge in [0.05, 0.1) is 6.42 Å². The fourth-order valence-corrected chi connectivity index (χ4v) is 1.58. The third kappa shape index (κ3) is 7.41. The van der Waals surface area contributed by atoms with Crippen LogP contribution < -0.4 is 16.0 Å². The Morgan fingerprint density at radius 3 is 2.30 bits per heavy atom. The molecule has 1 aromatic rings. The second-order valence-corrected chi connectivity index (χ2v) is 5.04. The van der Waals surface area contributed by atoms with Gasteiger partial charge >= 0.3 is 6.03 Å². The zero-order valence-corrected chi connectivity index (χ0v) is 12.1. The first-order valence-corrected chi connectivity index (χ1v) is 6.90. The molecular formula is C15H23N3O2. The van der Waals surface area contributed by atoms with Crippen LogP contribution in [0.25, 0.3) is 0 Å². The van der Waals surface area contributed by atoms with E-state index in [-0.39, 0.29) is 11.9 Å². The van der Waals surface area contributed by atoms with E-state index in [1.54, 1.807) is 0 Å². The van der Waals surface area contributed by atoms with Crippen molar-refractivity contribution in [1.82, 2.24) is 16.0 Å². The van der Waals surface area contributed by atoms with E-state index >= 15 is 0 Å². The molecule has 0 saturated carbocycles. The minimum absolute atomic E-state index is 0.0411. The van der Waals surface area contributed by atoms with Gasteiger partial charge in [0.2, 0.25) is 5.91 Å². The van der Waals surface area contributed by atoms with Gasteiger partial charge in [-0.3, -0.25) is 4.79 Å². The van der Waals surface area contributed by atoms with Crippen molar-refractivity contribution in [3.8, 4) is 0 Å². The van der Waals surface area contributed by atoms with Crippen molar-refractivity contribution in [2.24, 2.45) is 5.92 Å². The van der Waals surface area contributed by atoms with Crippen LogP contribution in [0.1, 0.15) is 19.4 Å². The Kier molecular flexibility index (Phi) is 7.17. The van der Waals surface area contributed by atoms with E-state index in [1.807, 2.05) is 44.2 Å². The van der Waals surface area contributed by atoms with Crippen molar-refractivity contribution in [2.45, 2.75) is 20.3 Å². The number of nitrogens with one attached hydrogen (secondary N) is 3. The van der Waals surface area contributed by atoms with Gasteiger partial charge in [-0.15, -0.1) is 0 Å². The van der Waals surface area contributed by atoms with Crippen molar-refractivity contribution in [3.05, 3.63) is 35.9 Å². The maximum Gasteiger partial charge on any atom is 0.314 e. The summed E-state index contributed by atoms with van der Waals surface area (Å²) in [6.45, 7) is 5.56. The SMILES string of the molecule is CC(C)CNC(=O)NCCNC(=O)Cc1ccccc1. The molecule has 110 valence electrons. The fourth-order valence-electron chi connectivity index (χ4n) is 1.58. The summed E-state index contributed by atoms with van der Waals surface area (Å²) < 4.78 is 0. The van der Waals surface area contributed by atoms with E-state index in [4.69, 9.17) is 0 Å². The molecule has 5 nitrogen and oxygen atoms in total. The van der Waals surface area contributed by atoms with Gasteiger partial charge in [0, 0.05) is 19.6 Å². The molecule has 20 heavy (non-hydrogen) atoms. The summed E-state index contributed by atoms with van der Waals surface area (Å²) in [5.41, 5.74) is 0.979. The van der Waals surface area contributed by atoms with Crippen LogP contribution in [0.4, 0.5) is 4.79 Å². The predicted molar refractivity (Wildman–Crippen MR) is 79.4 cm³/mol. The van der Waals surface area contributed by atoms with E-state index in [9.17, 15) is 9.59 Å². The van der Waals surface area contributed by atoms with Crippen LogP contribution in [-0.4, -0.2) is 31.6 Å². The smallest absolute Gasteiger partial charge is 0.314 e. The second kappa shape index (κ2) is 8.96. The van der Waals surface area contributed by atoms with Crippen LogP contribution in [0, 0.1) is 5.92 Å². The quantitative estimate of drug-likeness (QED) is 0.657. The highest BCUT2D eigenvalue weighted by atomic mass is 16.2. The molecule has 0 atom stereocenters. The lowest BCUT2D eigenvalue weighted by atomic mass is 10.1. The number of amides is 3. The van der Waals surface area contributed by atoms with Crippen LogP contribution in [0.15, 0.2) is 30.3 Å². The summed E-state index contributed by atoms with van der Waals surface area (Å²) in [4.78, 5) is 23.0. The molecule has 3 amide bonds. The summed E-state index contributed by atoms with van der Waals surface area (Å²) in [7, 11) is 0. The molecule has 0 spiro atoms. The Hall–Kier alpha value is -2.04. The average Bonchev–Trinajstić information content (AvgIpc) is 2.42. The number of carbonyl (C=O) groups excluding carboxylic acids is 2. The lowest BCUT2D eigenvalue weighted by Gasteiger charge is -2.10. The average molecular weight is 277 g/mol. The van der Waals surface area contributed by atoms with Gasteiger partial charge < -0.3 is 16.0 Å². The highest BCUT2D eigenvalue weighted by molar-refractivity contribution is 5.78. The summed E-state index contributed by atoms with van der Waals surface area (Å²) in [6.07, 6.45) is 0.361. The topological polar surface area (TPSA) is 70.2 Å². The standard InChI is InChI=1S/C15H23N3O2/c1-12(2)11-18-15(20)17-9-8-16-14(19)10-13-6-4-3-5-7-13/h3-7,12H,8-11H2,1-2H3,(H,16,19)(H2,17,18,20). The molecular weight excluding hydrogens is 254 g/mol. The molecule has 0 saturated heterocycles. The van der Waals surface area contributed by atoms with Gasteiger partial charge in [0.1, 0.15) is 0 Å². The number of rotatable bonds is 7. The molecule has 0 unspecified atom stereocenters. The van der Waals surface area contributed by atoms with Crippen LogP contribution in [0.2, 0.25) is 0 Å². The molecule has 0 heterocycles. The van der Waals surface area contributed by atoms with E-state index in [2.05, 4.69) is 16.0 Å². The molecule has 0 aliphatic heterocycles. The Morgan fingerprint density at radius 2 is 1.65 bits per heavy atom. The fraction of sp³-hybridized carbons (Fsp3) is 0.467. The minimum Gasteiger partial charge on any atom is -0.354 e. The van der Waals surface area contributed by atoms with Crippen molar-refractivity contribution in [1.29, 1.82) is 0 Å². The van der Waals surface area contributed by atoms with E-state index < -0.39 is 0 Å². The van der Waals surface area contributed by atoms with Gasteiger partial charge in [-0.1, -0.05) is 44.2 Å². The molecule has 0 radical (unpaired) electrons. The van der Waals surface area contributed by atoms with Crippen LogP contribution in [0.3, 0.4) is 0 Å². The van der Waals surface area contributed by atoms with Crippen LogP contribution in [0.5, 0.6) is 0 Å². The number of carbonyl (C=O) groups is 2. The van der Waals surface area contributed by atoms with Gasteiger partial charge in [-0.05, 0) is 11.5 Å². The van der Waals surface area contributed by atoms with Gasteiger partial charge in [0.25, 0.3) is 0 Å². The summed E-state index contributed by atoms with van der Waals surface area (Å²) in [5, 5.41) is 8.21. The number of hydrogen-bond acceptors (Lipinski definition) is 2. The lowest BCUT2D eigenvalue weighted by molar-refractivity contribution is -0.120. The molecule has 0 aliphatic carbocycles. The maximum absolute atomic E-state index is 11.6. The molecule has 1 aromatic carbocycles. The normalized spacial score (nSPS) is 10.2. The van der Waals surface area contributed by atoms with E-state index in [0.717, 1.165) is 5.56 Å². The summed E-state index contributed by atoms with van der Waals surface area (Å²) in [6, 6.07) is 9.36. The molecule has 5 heteroatoms. The highest BCUT2D eigenvalue weighted by Crippen LogP contribution is 1.98. The van der Waals surface area contributed by atoms with Gasteiger partial charge in [-0.25, -0.2) is 4.79 Å². The van der Waals surface area contributed by atoms with Crippen molar-refractivity contribution in [3.63, 3.8) is 0 Å². The first kappa shape index (κ1) is 16.0. The van der Waals surface area contributed by atoms with Gasteiger partial charge in [-0.2, -0.15) is 0 Å². The van der Waals surface area contributed by atoms with Gasteiger partial charge in [0.15, 0.2) is 0 Å². The first-order valence-electron chi connectivity index (χ1n) is 6.90. The Labute approximate surface area is 120 Å². The van der Waals surface area contributed by atoms with Crippen LogP contribution >= 0.6 is 0 Å². The Balaban J connectivity index is 2.09. The summed E-state index contributed by atoms with van der Waals surface area (Å²) in [5.74, 6) is 0.381. The molecule has 0 fully saturated rings. The third-order valence-electron chi connectivity index (χ3n) is 2.61. The Bertz CT molecular complexity index is 418. The summed E-state index contributed by atoms with van der Waals surface area (Å²) >= 11 is 0. The monoisotopic (exact) mass is 277 g/mol. The molecule has 0 aromatic heterocycles. The molecule has 1 rings (SSSR count). The second-order valence-electron chi connectivity index (χ2n) is 5.04. The number of urea groups is 1. The Morgan fingerprint density at radius 1 is 1.00 bits per heavy atom. The molecule has 0 aliphatic rings. The zero-order chi connectivity index (χ0) is 14.8. The van der Waals surface area contributed by atoms with Crippen molar-refractivity contribution < 1.29 is 9.59 Å². The number of benzene rings is 1. The third-order valence-corrected chi connectivity index (χ3v) is 2.61. The van der Waals surface area contributed by atoms with E-state index in [0.29, 0.717) is 32.0 Å². The van der Waals surface area contributed by atoms with E-state index in [1.165, 1.54) is 0 Å². The number of hydrogen-bond donors (Lipinski definition) is 3. The van der Waals surface area contributed by atoms with Crippen LogP contribution in [-0.2, 0) is 11.2 Å².